The van der Waals surface area contributed by atoms with Crippen molar-refractivity contribution in [1.82, 2.24) is 4.98 Å². The monoisotopic (exact) mass is 301 g/mol. The van der Waals surface area contributed by atoms with Crippen LogP contribution in [0.1, 0.15) is 40.5 Å². The Morgan fingerprint density at radius 1 is 1.33 bits per heavy atom. The third-order valence-electron chi connectivity index (χ3n) is 3.72. The molecule has 0 spiro atoms. The molecule has 2 heterocycles. The van der Waals surface area contributed by atoms with E-state index in [-0.39, 0.29) is 11.9 Å². The Morgan fingerprint density at radius 3 is 2.86 bits per heavy atom. The molecule has 0 saturated heterocycles. The number of amides is 1. The zero-order chi connectivity index (χ0) is 15.0. The van der Waals surface area contributed by atoms with Gasteiger partial charge in [-0.15, -0.1) is 11.3 Å². The summed E-state index contributed by atoms with van der Waals surface area (Å²) in [5.74, 6) is 0.104. The first-order valence-corrected chi connectivity index (χ1v) is 7.98. The number of nitrogens with one attached hydrogen (secondary N) is 2. The fraction of sp³-hybridized carbons (Fsp3) is 0.375. The number of aryl methyl sites for hydroxylation is 3. The Hall–Kier alpha value is -1.88. The maximum Gasteiger partial charge on any atom is 0.224 e. The molecule has 0 radical (unpaired) electrons. The van der Waals surface area contributed by atoms with Gasteiger partial charge in [0.1, 0.15) is 0 Å². The Kier molecular flexibility index (Phi) is 3.68. The molecule has 1 amide bonds. The van der Waals surface area contributed by atoms with Crippen LogP contribution in [0.15, 0.2) is 18.2 Å². The zero-order valence-electron chi connectivity index (χ0n) is 12.5. The van der Waals surface area contributed by atoms with E-state index in [4.69, 9.17) is 0 Å². The first-order chi connectivity index (χ1) is 10.0. The van der Waals surface area contributed by atoms with Crippen molar-refractivity contribution in [1.29, 1.82) is 0 Å². The number of fused-ring (bicyclic) bond motifs is 1. The second kappa shape index (κ2) is 5.48. The predicted octanol–water partition coefficient (Wildman–Crippen LogP) is 3.82. The van der Waals surface area contributed by atoms with Gasteiger partial charge < -0.3 is 10.6 Å². The molecule has 1 atom stereocenters. The van der Waals surface area contributed by atoms with Crippen LogP contribution in [-0.2, 0) is 11.2 Å². The SMILES string of the molecule is Cc1nc(C)c(C(C)Nc2ccc3c(c2)CCC(=O)N3)s1. The number of benzene rings is 1. The van der Waals surface area contributed by atoms with Gasteiger partial charge in [-0.05, 0) is 51.0 Å². The minimum atomic E-state index is 0.104. The predicted molar refractivity (Wildman–Crippen MR) is 87.0 cm³/mol. The highest BCUT2D eigenvalue weighted by Crippen LogP contribution is 2.30. The second-order valence-corrected chi connectivity index (χ2v) is 6.70. The van der Waals surface area contributed by atoms with Crippen molar-refractivity contribution in [3.63, 3.8) is 0 Å². The van der Waals surface area contributed by atoms with Crippen molar-refractivity contribution in [2.75, 3.05) is 10.6 Å². The van der Waals surface area contributed by atoms with E-state index in [2.05, 4.69) is 35.5 Å². The molecule has 2 aromatic rings. The smallest absolute Gasteiger partial charge is 0.224 e. The van der Waals surface area contributed by atoms with Crippen molar-refractivity contribution < 1.29 is 4.79 Å². The molecule has 0 aliphatic carbocycles. The topological polar surface area (TPSA) is 54.0 Å². The molecule has 1 aromatic carbocycles. The van der Waals surface area contributed by atoms with Crippen LogP contribution in [0.3, 0.4) is 0 Å². The maximum atomic E-state index is 11.4. The first kappa shape index (κ1) is 14.1. The molecule has 0 saturated carbocycles. The van der Waals surface area contributed by atoms with Crippen LogP contribution in [0.2, 0.25) is 0 Å². The van der Waals surface area contributed by atoms with E-state index in [1.807, 2.05) is 19.1 Å². The van der Waals surface area contributed by atoms with E-state index >= 15 is 0 Å². The molecule has 110 valence electrons. The zero-order valence-corrected chi connectivity index (χ0v) is 13.3. The lowest BCUT2D eigenvalue weighted by molar-refractivity contribution is -0.116. The van der Waals surface area contributed by atoms with Gasteiger partial charge >= 0.3 is 0 Å². The summed E-state index contributed by atoms with van der Waals surface area (Å²) in [7, 11) is 0. The first-order valence-electron chi connectivity index (χ1n) is 7.16. The van der Waals surface area contributed by atoms with Crippen molar-refractivity contribution in [3.8, 4) is 0 Å². The van der Waals surface area contributed by atoms with Gasteiger partial charge in [0.2, 0.25) is 5.91 Å². The standard InChI is InChI=1S/C16H19N3OS/c1-9-16(21-11(3)17-9)10(2)18-13-5-6-14-12(8-13)4-7-15(20)19-14/h5-6,8,10,18H,4,7H2,1-3H3,(H,19,20). The van der Waals surface area contributed by atoms with Gasteiger partial charge in [-0.2, -0.15) is 0 Å². The highest BCUT2D eigenvalue weighted by molar-refractivity contribution is 7.11. The summed E-state index contributed by atoms with van der Waals surface area (Å²) in [6.07, 6.45) is 1.38. The van der Waals surface area contributed by atoms with Crippen LogP contribution in [0.5, 0.6) is 0 Å². The number of thiazole rings is 1. The van der Waals surface area contributed by atoms with Crippen molar-refractivity contribution in [2.24, 2.45) is 0 Å². The number of rotatable bonds is 3. The van der Waals surface area contributed by atoms with Crippen LogP contribution in [0.25, 0.3) is 0 Å². The maximum absolute atomic E-state index is 11.4. The van der Waals surface area contributed by atoms with E-state index in [1.165, 1.54) is 10.4 Å². The molecule has 0 bridgehead atoms. The number of nitrogens with zero attached hydrogens (tertiary/aromatic N) is 1. The minimum absolute atomic E-state index is 0.104. The molecule has 1 unspecified atom stereocenters. The Labute approximate surface area is 128 Å². The highest BCUT2D eigenvalue weighted by Gasteiger charge is 2.16. The lowest BCUT2D eigenvalue weighted by atomic mass is 10.0. The molecule has 21 heavy (non-hydrogen) atoms. The van der Waals surface area contributed by atoms with E-state index in [0.29, 0.717) is 6.42 Å². The van der Waals surface area contributed by atoms with Gasteiger partial charge in [-0.1, -0.05) is 0 Å². The largest absolute Gasteiger partial charge is 0.378 e. The summed E-state index contributed by atoms with van der Waals surface area (Å²) in [5, 5.41) is 7.54. The fourth-order valence-corrected chi connectivity index (χ4v) is 3.67. The number of aromatic nitrogens is 1. The normalized spacial score (nSPS) is 15.3. The highest BCUT2D eigenvalue weighted by atomic mass is 32.1. The van der Waals surface area contributed by atoms with Crippen molar-refractivity contribution >= 4 is 28.6 Å². The number of anilines is 2. The van der Waals surface area contributed by atoms with E-state index in [9.17, 15) is 4.79 Å². The van der Waals surface area contributed by atoms with Crippen LogP contribution in [0.4, 0.5) is 11.4 Å². The Bertz CT molecular complexity index is 693. The van der Waals surface area contributed by atoms with Gasteiger partial charge in [0, 0.05) is 22.7 Å². The number of hydrogen-bond acceptors (Lipinski definition) is 4. The number of carbonyl (C=O) groups excluding carboxylic acids is 1. The van der Waals surface area contributed by atoms with Gasteiger partial charge in [-0.3, -0.25) is 4.79 Å². The van der Waals surface area contributed by atoms with Gasteiger partial charge in [-0.25, -0.2) is 4.98 Å². The average Bonchev–Trinajstić information content (AvgIpc) is 2.78. The number of carbonyl (C=O) groups is 1. The van der Waals surface area contributed by atoms with Crippen molar-refractivity contribution in [3.05, 3.63) is 39.3 Å². The molecule has 4 nitrogen and oxygen atoms in total. The van der Waals surface area contributed by atoms with Crippen LogP contribution in [-0.4, -0.2) is 10.9 Å². The van der Waals surface area contributed by atoms with Crippen LogP contribution in [0, 0.1) is 13.8 Å². The van der Waals surface area contributed by atoms with E-state index in [1.54, 1.807) is 11.3 Å². The summed E-state index contributed by atoms with van der Waals surface area (Å²) in [6, 6.07) is 6.36. The van der Waals surface area contributed by atoms with Crippen molar-refractivity contribution in [2.45, 2.75) is 39.7 Å². The van der Waals surface area contributed by atoms with Gasteiger partial charge in [0.05, 0.1) is 16.7 Å². The molecular formula is C16H19N3OS. The number of hydrogen-bond donors (Lipinski definition) is 2. The van der Waals surface area contributed by atoms with E-state index < -0.39 is 0 Å². The van der Waals surface area contributed by atoms with Crippen LogP contribution >= 0.6 is 11.3 Å². The molecule has 0 fully saturated rings. The molecular weight excluding hydrogens is 282 g/mol. The molecule has 2 N–H and O–H groups in total. The summed E-state index contributed by atoms with van der Waals surface area (Å²) >= 11 is 1.74. The second-order valence-electron chi connectivity index (χ2n) is 5.47. The molecule has 1 aromatic heterocycles. The summed E-state index contributed by atoms with van der Waals surface area (Å²) in [5.41, 5.74) is 4.32. The molecule has 3 rings (SSSR count). The summed E-state index contributed by atoms with van der Waals surface area (Å²) < 4.78 is 0. The summed E-state index contributed by atoms with van der Waals surface area (Å²) in [6.45, 7) is 6.25. The summed E-state index contributed by atoms with van der Waals surface area (Å²) in [4.78, 5) is 17.1. The molecule has 1 aliphatic heterocycles. The molecule has 5 heteroatoms. The van der Waals surface area contributed by atoms with E-state index in [0.717, 1.165) is 28.5 Å². The third-order valence-corrected chi connectivity index (χ3v) is 4.97. The van der Waals surface area contributed by atoms with Crippen LogP contribution < -0.4 is 10.6 Å². The van der Waals surface area contributed by atoms with Gasteiger partial charge in [0.25, 0.3) is 0 Å². The molecule has 1 aliphatic rings. The third kappa shape index (κ3) is 2.93. The Morgan fingerprint density at radius 2 is 2.14 bits per heavy atom. The van der Waals surface area contributed by atoms with Gasteiger partial charge in [0.15, 0.2) is 0 Å². The lowest BCUT2D eigenvalue weighted by Gasteiger charge is -2.20. The fourth-order valence-electron chi connectivity index (χ4n) is 2.74. The lowest BCUT2D eigenvalue weighted by Crippen LogP contribution is -2.19. The Balaban J connectivity index is 1.79. The average molecular weight is 301 g/mol. The minimum Gasteiger partial charge on any atom is -0.378 e. The quantitative estimate of drug-likeness (QED) is 0.906.